The summed E-state index contributed by atoms with van der Waals surface area (Å²) in [6.07, 6.45) is 0. The normalized spacial score (nSPS) is 10.2. The number of benzene rings is 2. The first-order chi connectivity index (χ1) is 10.1. The van der Waals surface area contributed by atoms with Crippen molar-refractivity contribution in [2.75, 3.05) is 11.9 Å². The van der Waals surface area contributed by atoms with E-state index >= 15 is 0 Å². The number of rotatable bonds is 5. The number of carbonyl (C=O) groups excluding carboxylic acids is 1. The van der Waals surface area contributed by atoms with Crippen LogP contribution in [0.1, 0.15) is 22.8 Å². The van der Waals surface area contributed by atoms with Gasteiger partial charge >= 0.3 is 0 Å². The molecule has 0 aromatic heterocycles. The molecule has 5 heteroatoms. The van der Waals surface area contributed by atoms with E-state index in [9.17, 15) is 4.79 Å². The summed E-state index contributed by atoms with van der Waals surface area (Å²) in [6.45, 7) is 3.12. The van der Waals surface area contributed by atoms with Gasteiger partial charge in [0.25, 0.3) is 5.91 Å². The number of hydrogen-bond donors (Lipinski definition) is 2. The minimum atomic E-state index is -0.0642. The summed E-state index contributed by atoms with van der Waals surface area (Å²) in [6, 6.07) is 12.8. The predicted molar refractivity (Wildman–Crippen MR) is 88.2 cm³/mol. The Morgan fingerprint density at radius 2 is 1.67 bits per heavy atom. The number of amides is 1. The van der Waals surface area contributed by atoms with E-state index in [1.807, 2.05) is 31.2 Å². The van der Waals surface area contributed by atoms with Gasteiger partial charge in [0.2, 0.25) is 0 Å². The Morgan fingerprint density at radius 3 is 2.24 bits per heavy atom. The summed E-state index contributed by atoms with van der Waals surface area (Å²) in [5.41, 5.74) is 2.58. The molecule has 0 unspecified atom stereocenters. The average molecular weight is 323 g/mol. The molecule has 0 fully saturated rings. The number of anilines is 1. The highest BCUT2D eigenvalue weighted by Crippen LogP contribution is 2.20. The third-order valence-corrected chi connectivity index (χ3v) is 3.34. The van der Waals surface area contributed by atoms with E-state index in [0.717, 1.165) is 11.3 Å². The summed E-state index contributed by atoms with van der Waals surface area (Å²) in [7, 11) is 0. The second kappa shape index (κ2) is 7.34. The molecule has 2 aromatic rings. The SMILES string of the molecule is CCNC(=O)c1ccc(NCc2cc(Cl)cc(Cl)c2)cc1. The van der Waals surface area contributed by atoms with Gasteiger partial charge < -0.3 is 10.6 Å². The van der Waals surface area contributed by atoms with Crippen molar-refractivity contribution in [2.45, 2.75) is 13.5 Å². The van der Waals surface area contributed by atoms with Crippen molar-refractivity contribution >= 4 is 34.8 Å². The Kier molecular flexibility index (Phi) is 5.48. The fourth-order valence-electron chi connectivity index (χ4n) is 1.92. The van der Waals surface area contributed by atoms with Crippen molar-refractivity contribution in [3.05, 3.63) is 63.6 Å². The van der Waals surface area contributed by atoms with Gasteiger partial charge in [0.05, 0.1) is 0 Å². The van der Waals surface area contributed by atoms with Gasteiger partial charge in [-0.3, -0.25) is 4.79 Å². The third-order valence-electron chi connectivity index (χ3n) is 2.90. The lowest BCUT2D eigenvalue weighted by Gasteiger charge is -2.08. The first-order valence-corrected chi connectivity index (χ1v) is 7.41. The molecule has 0 saturated carbocycles. The Labute approximate surface area is 134 Å². The van der Waals surface area contributed by atoms with Crippen LogP contribution in [0.15, 0.2) is 42.5 Å². The third kappa shape index (κ3) is 4.66. The highest BCUT2D eigenvalue weighted by molar-refractivity contribution is 6.34. The molecule has 2 rings (SSSR count). The maximum Gasteiger partial charge on any atom is 0.251 e. The number of halogens is 2. The summed E-state index contributed by atoms with van der Waals surface area (Å²) in [5.74, 6) is -0.0642. The van der Waals surface area contributed by atoms with Gasteiger partial charge in [-0.15, -0.1) is 0 Å². The van der Waals surface area contributed by atoms with E-state index in [4.69, 9.17) is 23.2 Å². The van der Waals surface area contributed by atoms with Crippen LogP contribution in [0, 0.1) is 0 Å². The molecule has 0 radical (unpaired) electrons. The zero-order valence-corrected chi connectivity index (χ0v) is 13.1. The summed E-state index contributed by atoms with van der Waals surface area (Å²) >= 11 is 11.9. The molecule has 2 aromatic carbocycles. The van der Waals surface area contributed by atoms with E-state index in [1.165, 1.54) is 0 Å². The molecule has 110 valence electrons. The summed E-state index contributed by atoms with van der Waals surface area (Å²) < 4.78 is 0. The van der Waals surface area contributed by atoms with E-state index < -0.39 is 0 Å². The van der Waals surface area contributed by atoms with E-state index in [0.29, 0.717) is 28.7 Å². The van der Waals surface area contributed by atoms with Crippen molar-refractivity contribution < 1.29 is 4.79 Å². The lowest BCUT2D eigenvalue weighted by molar-refractivity contribution is 0.0956. The van der Waals surface area contributed by atoms with Crippen molar-refractivity contribution in [2.24, 2.45) is 0 Å². The fourth-order valence-corrected chi connectivity index (χ4v) is 2.49. The molecule has 0 spiro atoms. The fraction of sp³-hybridized carbons (Fsp3) is 0.188. The first kappa shape index (κ1) is 15.7. The zero-order valence-electron chi connectivity index (χ0n) is 11.6. The highest BCUT2D eigenvalue weighted by atomic mass is 35.5. The first-order valence-electron chi connectivity index (χ1n) is 6.65. The minimum Gasteiger partial charge on any atom is -0.381 e. The molecule has 3 nitrogen and oxygen atoms in total. The molecule has 0 heterocycles. The van der Waals surface area contributed by atoms with Crippen LogP contribution in [0.4, 0.5) is 5.69 Å². The predicted octanol–water partition coefficient (Wildman–Crippen LogP) is 4.36. The number of hydrogen-bond acceptors (Lipinski definition) is 2. The van der Waals surface area contributed by atoms with Gasteiger partial charge in [0, 0.05) is 34.4 Å². The average Bonchev–Trinajstić information content (AvgIpc) is 2.45. The zero-order chi connectivity index (χ0) is 15.2. The number of nitrogens with one attached hydrogen (secondary N) is 2. The van der Waals surface area contributed by atoms with Crippen molar-refractivity contribution in [1.29, 1.82) is 0 Å². The van der Waals surface area contributed by atoms with E-state index in [1.54, 1.807) is 18.2 Å². The summed E-state index contributed by atoms with van der Waals surface area (Å²) in [4.78, 5) is 11.6. The van der Waals surface area contributed by atoms with Crippen LogP contribution >= 0.6 is 23.2 Å². The molecule has 0 aliphatic carbocycles. The Balaban J connectivity index is 1.99. The van der Waals surface area contributed by atoms with Crippen molar-refractivity contribution in [3.8, 4) is 0 Å². The molecule has 1 amide bonds. The maximum absolute atomic E-state index is 11.6. The van der Waals surface area contributed by atoms with Gasteiger partial charge in [-0.2, -0.15) is 0 Å². The largest absolute Gasteiger partial charge is 0.381 e. The maximum atomic E-state index is 11.6. The topological polar surface area (TPSA) is 41.1 Å². The van der Waals surface area contributed by atoms with Crippen molar-refractivity contribution in [1.82, 2.24) is 5.32 Å². The van der Waals surface area contributed by atoms with Crippen LogP contribution in [0.25, 0.3) is 0 Å². The Hall–Kier alpha value is -1.71. The van der Waals surface area contributed by atoms with Gasteiger partial charge in [-0.25, -0.2) is 0 Å². The smallest absolute Gasteiger partial charge is 0.251 e. The van der Waals surface area contributed by atoms with Crippen LogP contribution in [0.5, 0.6) is 0 Å². The Bertz CT molecular complexity index is 606. The molecule has 0 saturated heterocycles. The second-order valence-corrected chi connectivity index (χ2v) is 5.44. The van der Waals surface area contributed by atoms with Crippen LogP contribution in [0.2, 0.25) is 10.0 Å². The van der Waals surface area contributed by atoms with E-state index in [-0.39, 0.29) is 5.91 Å². The van der Waals surface area contributed by atoms with Gasteiger partial charge in [0.1, 0.15) is 0 Å². The van der Waals surface area contributed by atoms with Gasteiger partial charge in [-0.1, -0.05) is 23.2 Å². The molecular weight excluding hydrogens is 307 g/mol. The molecule has 0 aliphatic rings. The molecule has 0 bridgehead atoms. The van der Waals surface area contributed by atoms with Gasteiger partial charge in [-0.05, 0) is 55.0 Å². The molecular formula is C16H16Cl2N2O. The monoisotopic (exact) mass is 322 g/mol. The molecule has 2 N–H and O–H groups in total. The summed E-state index contributed by atoms with van der Waals surface area (Å²) in [5, 5.41) is 7.26. The van der Waals surface area contributed by atoms with Crippen LogP contribution < -0.4 is 10.6 Å². The standard InChI is InChI=1S/C16H16Cl2N2O/c1-2-19-16(21)12-3-5-15(6-4-12)20-10-11-7-13(17)9-14(18)8-11/h3-9,20H,2,10H2,1H3,(H,19,21). The highest BCUT2D eigenvalue weighted by Gasteiger charge is 2.03. The minimum absolute atomic E-state index is 0.0642. The van der Waals surface area contributed by atoms with Gasteiger partial charge in [0.15, 0.2) is 0 Å². The molecule has 0 atom stereocenters. The Morgan fingerprint density at radius 1 is 1.05 bits per heavy atom. The lowest BCUT2D eigenvalue weighted by atomic mass is 10.2. The van der Waals surface area contributed by atoms with Crippen LogP contribution in [-0.2, 0) is 6.54 Å². The lowest BCUT2D eigenvalue weighted by Crippen LogP contribution is -2.22. The second-order valence-electron chi connectivity index (χ2n) is 4.57. The number of carbonyl (C=O) groups is 1. The van der Waals surface area contributed by atoms with Crippen LogP contribution in [-0.4, -0.2) is 12.5 Å². The quantitative estimate of drug-likeness (QED) is 0.858. The van der Waals surface area contributed by atoms with Crippen molar-refractivity contribution in [3.63, 3.8) is 0 Å². The van der Waals surface area contributed by atoms with E-state index in [2.05, 4.69) is 10.6 Å². The molecule has 21 heavy (non-hydrogen) atoms. The molecule has 0 aliphatic heterocycles. The van der Waals surface area contributed by atoms with Crippen LogP contribution in [0.3, 0.4) is 0 Å².